The smallest absolute Gasteiger partial charge is 0.0693 e. The Hall–Kier alpha value is -0.590. The van der Waals surface area contributed by atoms with Gasteiger partial charge in [-0.05, 0) is 20.8 Å². The summed E-state index contributed by atoms with van der Waals surface area (Å²) in [6.07, 6.45) is 0.191. The SMILES string of the molecule is COC(C)C(C)NCC(C)C#N. The number of hydrogen-bond acceptors (Lipinski definition) is 3. The van der Waals surface area contributed by atoms with Gasteiger partial charge in [-0.25, -0.2) is 0 Å². The lowest BCUT2D eigenvalue weighted by atomic mass is 10.1. The highest BCUT2D eigenvalue weighted by molar-refractivity contribution is 4.81. The zero-order valence-corrected chi connectivity index (χ0v) is 8.29. The Labute approximate surface area is 74.7 Å². The van der Waals surface area contributed by atoms with Gasteiger partial charge in [0.15, 0.2) is 0 Å². The minimum atomic E-state index is 0.0662. The highest BCUT2D eigenvalue weighted by Gasteiger charge is 2.10. The fourth-order valence-corrected chi connectivity index (χ4v) is 0.778. The van der Waals surface area contributed by atoms with E-state index < -0.39 is 0 Å². The van der Waals surface area contributed by atoms with E-state index in [0.717, 1.165) is 6.54 Å². The molecule has 0 bridgehead atoms. The lowest BCUT2D eigenvalue weighted by molar-refractivity contribution is 0.0882. The van der Waals surface area contributed by atoms with Gasteiger partial charge in [0.25, 0.3) is 0 Å². The average Bonchev–Trinajstić information content (AvgIpc) is 2.11. The standard InChI is InChI=1S/C9H18N2O/c1-7(5-10)6-11-8(2)9(3)12-4/h7-9,11H,6H2,1-4H3. The first kappa shape index (κ1) is 11.4. The van der Waals surface area contributed by atoms with E-state index in [-0.39, 0.29) is 12.0 Å². The minimum Gasteiger partial charge on any atom is -0.380 e. The summed E-state index contributed by atoms with van der Waals surface area (Å²) in [4.78, 5) is 0. The Bertz CT molecular complexity index is 153. The Morgan fingerprint density at radius 1 is 1.42 bits per heavy atom. The van der Waals surface area contributed by atoms with Crippen LogP contribution < -0.4 is 5.32 Å². The van der Waals surface area contributed by atoms with Crippen LogP contribution in [0.4, 0.5) is 0 Å². The van der Waals surface area contributed by atoms with E-state index in [4.69, 9.17) is 10.00 Å². The fourth-order valence-electron chi connectivity index (χ4n) is 0.778. The van der Waals surface area contributed by atoms with Crippen molar-refractivity contribution in [2.75, 3.05) is 13.7 Å². The van der Waals surface area contributed by atoms with Gasteiger partial charge < -0.3 is 10.1 Å². The third kappa shape index (κ3) is 4.32. The topological polar surface area (TPSA) is 45.0 Å². The van der Waals surface area contributed by atoms with Crippen molar-refractivity contribution in [3.8, 4) is 6.07 Å². The van der Waals surface area contributed by atoms with Gasteiger partial charge in [-0.2, -0.15) is 5.26 Å². The van der Waals surface area contributed by atoms with E-state index in [2.05, 4.69) is 18.3 Å². The Morgan fingerprint density at radius 3 is 2.42 bits per heavy atom. The number of rotatable bonds is 5. The van der Waals surface area contributed by atoms with E-state index >= 15 is 0 Å². The second kappa shape index (κ2) is 5.99. The minimum absolute atomic E-state index is 0.0662. The largest absolute Gasteiger partial charge is 0.380 e. The van der Waals surface area contributed by atoms with Gasteiger partial charge in [0, 0.05) is 19.7 Å². The van der Waals surface area contributed by atoms with Crippen molar-refractivity contribution in [3.05, 3.63) is 0 Å². The molecular formula is C9H18N2O. The van der Waals surface area contributed by atoms with Crippen molar-refractivity contribution in [1.29, 1.82) is 5.26 Å². The number of nitrogens with one attached hydrogen (secondary N) is 1. The quantitative estimate of drug-likeness (QED) is 0.673. The molecule has 0 saturated heterocycles. The van der Waals surface area contributed by atoms with Crippen molar-refractivity contribution in [1.82, 2.24) is 5.32 Å². The van der Waals surface area contributed by atoms with Crippen LogP contribution in [-0.2, 0) is 4.74 Å². The average molecular weight is 170 g/mol. The van der Waals surface area contributed by atoms with Crippen LogP contribution in [0.1, 0.15) is 20.8 Å². The summed E-state index contributed by atoms with van der Waals surface area (Å²) >= 11 is 0. The van der Waals surface area contributed by atoms with E-state index in [0.29, 0.717) is 6.04 Å². The molecule has 70 valence electrons. The highest BCUT2D eigenvalue weighted by atomic mass is 16.5. The highest BCUT2D eigenvalue weighted by Crippen LogP contribution is 1.97. The Kier molecular flexibility index (Phi) is 5.69. The van der Waals surface area contributed by atoms with Crippen LogP contribution in [0.5, 0.6) is 0 Å². The molecule has 0 rings (SSSR count). The van der Waals surface area contributed by atoms with E-state index in [1.807, 2.05) is 13.8 Å². The molecular weight excluding hydrogens is 152 g/mol. The van der Waals surface area contributed by atoms with Gasteiger partial charge in [0.2, 0.25) is 0 Å². The van der Waals surface area contributed by atoms with Crippen LogP contribution in [0.25, 0.3) is 0 Å². The zero-order valence-electron chi connectivity index (χ0n) is 8.29. The number of nitrogens with zero attached hydrogens (tertiary/aromatic N) is 1. The predicted molar refractivity (Wildman–Crippen MR) is 48.7 cm³/mol. The lowest BCUT2D eigenvalue weighted by Gasteiger charge is -2.20. The summed E-state index contributed by atoms with van der Waals surface area (Å²) in [5.41, 5.74) is 0. The van der Waals surface area contributed by atoms with E-state index in [9.17, 15) is 0 Å². The van der Waals surface area contributed by atoms with Gasteiger partial charge in [-0.15, -0.1) is 0 Å². The molecule has 0 aromatic rings. The van der Waals surface area contributed by atoms with Gasteiger partial charge in [-0.1, -0.05) is 0 Å². The van der Waals surface area contributed by atoms with Crippen LogP contribution >= 0.6 is 0 Å². The zero-order chi connectivity index (χ0) is 9.56. The van der Waals surface area contributed by atoms with E-state index in [1.165, 1.54) is 0 Å². The van der Waals surface area contributed by atoms with Crippen molar-refractivity contribution in [3.63, 3.8) is 0 Å². The number of hydrogen-bond donors (Lipinski definition) is 1. The Balaban J connectivity index is 3.57. The summed E-state index contributed by atoms with van der Waals surface area (Å²) in [6.45, 7) is 6.69. The second-order valence-electron chi connectivity index (χ2n) is 3.17. The maximum Gasteiger partial charge on any atom is 0.0693 e. The molecule has 0 heterocycles. The first-order valence-electron chi connectivity index (χ1n) is 4.27. The van der Waals surface area contributed by atoms with Crippen molar-refractivity contribution >= 4 is 0 Å². The van der Waals surface area contributed by atoms with Gasteiger partial charge in [0.1, 0.15) is 0 Å². The van der Waals surface area contributed by atoms with Gasteiger partial charge >= 0.3 is 0 Å². The molecule has 3 nitrogen and oxygen atoms in total. The molecule has 0 aromatic carbocycles. The molecule has 0 aliphatic rings. The predicted octanol–water partition coefficient (Wildman–Crippen LogP) is 1.16. The first-order chi connectivity index (χ1) is 5.61. The maximum atomic E-state index is 8.52. The summed E-state index contributed by atoms with van der Waals surface area (Å²) in [5, 5.41) is 11.8. The van der Waals surface area contributed by atoms with Crippen LogP contribution in [0, 0.1) is 17.2 Å². The molecule has 0 aliphatic carbocycles. The molecule has 3 heteroatoms. The van der Waals surface area contributed by atoms with Gasteiger partial charge in [-0.3, -0.25) is 0 Å². The fraction of sp³-hybridized carbons (Fsp3) is 0.889. The molecule has 0 saturated carbocycles. The molecule has 0 radical (unpaired) electrons. The molecule has 0 spiro atoms. The van der Waals surface area contributed by atoms with Crippen LogP contribution in [0.3, 0.4) is 0 Å². The summed E-state index contributed by atoms with van der Waals surface area (Å²) in [7, 11) is 1.69. The number of nitriles is 1. The van der Waals surface area contributed by atoms with Crippen LogP contribution in [0.2, 0.25) is 0 Å². The molecule has 3 unspecified atom stereocenters. The first-order valence-corrected chi connectivity index (χ1v) is 4.27. The van der Waals surface area contributed by atoms with Crippen LogP contribution in [0.15, 0.2) is 0 Å². The number of methoxy groups -OCH3 is 1. The van der Waals surface area contributed by atoms with Crippen molar-refractivity contribution in [2.45, 2.75) is 32.9 Å². The van der Waals surface area contributed by atoms with Crippen molar-refractivity contribution in [2.24, 2.45) is 5.92 Å². The molecule has 1 N–H and O–H groups in total. The molecule has 12 heavy (non-hydrogen) atoms. The van der Waals surface area contributed by atoms with Crippen LogP contribution in [-0.4, -0.2) is 25.8 Å². The second-order valence-corrected chi connectivity index (χ2v) is 3.17. The summed E-state index contributed by atoms with van der Waals surface area (Å²) < 4.78 is 5.13. The Morgan fingerprint density at radius 2 is 2.00 bits per heavy atom. The third-order valence-electron chi connectivity index (χ3n) is 2.04. The maximum absolute atomic E-state index is 8.52. The third-order valence-corrected chi connectivity index (χ3v) is 2.04. The normalized spacial score (nSPS) is 17.9. The number of ether oxygens (including phenoxy) is 1. The summed E-state index contributed by atoms with van der Waals surface area (Å²) in [5.74, 6) is 0.0662. The molecule has 0 fully saturated rings. The van der Waals surface area contributed by atoms with E-state index in [1.54, 1.807) is 7.11 Å². The van der Waals surface area contributed by atoms with Gasteiger partial charge in [0.05, 0.1) is 18.1 Å². The van der Waals surface area contributed by atoms with Crippen molar-refractivity contribution < 1.29 is 4.74 Å². The molecule has 3 atom stereocenters. The molecule has 0 amide bonds. The molecule has 0 aliphatic heterocycles. The molecule has 0 aromatic heterocycles. The monoisotopic (exact) mass is 170 g/mol. The lowest BCUT2D eigenvalue weighted by Crippen LogP contribution is -2.38. The summed E-state index contributed by atoms with van der Waals surface area (Å²) in [6, 6.07) is 2.47.